The van der Waals surface area contributed by atoms with Gasteiger partial charge in [-0.25, -0.2) is 0 Å². The first-order valence-corrected chi connectivity index (χ1v) is 20.8. The van der Waals surface area contributed by atoms with Crippen LogP contribution in [0.15, 0.2) is 235 Å². The van der Waals surface area contributed by atoms with Crippen LogP contribution in [0.2, 0.25) is 0 Å². The van der Waals surface area contributed by atoms with E-state index in [0.29, 0.717) is 0 Å². The second-order valence-electron chi connectivity index (χ2n) is 15.7. The third kappa shape index (κ3) is 5.98. The van der Waals surface area contributed by atoms with Gasteiger partial charge in [-0.1, -0.05) is 152 Å². The maximum Gasteiger partial charge on any atom is 0.135 e. The standard InChI is InChI=1S/C58H38N2O/c1-2-13-42-36-44(25-24-39(42)12-1)41-28-33-47(34-29-41)59(54-20-7-3-16-49(54)45-30-35-58-53(38-45)52-19-6-10-23-57(52)61-58)46-31-26-40(27-32-46)43-14-11-15-48(37-43)60-55-21-8-4-17-50(55)51-18-5-9-22-56(51)60/h1-38H. The molecule has 0 aliphatic rings. The van der Waals surface area contributed by atoms with Gasteiger partial charge in [0.05, 0.1) is 16.7 Å². The first kappa shape index (κ1) is 34.9. The molecule has 12 rings (SSSR count). The van der Waals surface area contributed by atoms with Gasteiger partial charge in [-0.05, 0) is 117 Å². The monoisotopic (exact) mass is 778 g/mol. The minimum absolute atomic E-state index is 0.890. The molecule has 0 bridgehead atoms. The Morgan fingerprint density at radius 2 is 0.885 bits per heavy atom. The van der Waals surface area contributed by atoms with Crippen molar-refractivity contribution in [3.63, 3.8) is 0 Å². The molecule has 2 aromatic heterocycles. The van der Waals surface area contributed by atoms with E-state index in [1.54, 1.807) is 0 Å². The van der Waals surface area contributed by atoms with Crippen LogP contribution in [0.5, 0.6) is 0 Å². The van der Waals surface area contributed by atoms with Gasteiger partial charge >= 0.3 is 0 Å². The van der Waals surface area contributed by atoms with Crippen LogP contribution in [-0.4, -0.2) is 4.57 Å². The third-order valence-electron chi connectivity index (χ3n) is 12.2. The predicted molar refractivity (Wildman–Crippen MR) is 257 cm³/mol. The van der Waals surface area contributed by atoms with Crippen molar-refractivity contribution in [2.45, 2.75) is 0 Å². The lowest BCUT2D eigenvalue weighted by atomic mass is 9.98. The molecule has 3 nitrogen and oxygen atoms in total. The molecule has 0 aliphatic heterocycles. The number of aromatic nitrogens is 1. The molecule has 3 heteroatoms. The van der Waals surface area contributed by atoms with E-state index in [1.807, 2.05) is 12.1 Å². The van der Waals surface area contributed by atoms with E-state index in [-0.39, 0.29) is 0 Å². The number of hydrogen-bond acceptors (Lipinski definition) is 2. The lowest BCUT2D eigenvalue weighted by molar-refractivity contribution is 0.669. The number of furan rings is 1. The van der Waals surface area contributed by atoms with Crippen molar-refractivity contribution >= 4 is 71.6 Å². The van der Waals surface area contributed by atoms with Gasteiger partial charge in [0.25, 0.3) is 0 Å². The van der Waals surface area contributed by atoms with E-state index in [1.165, 1.54) is 49.3 Å². The summed E-state index contributed by atoms with van der Waals surface area (Å²) in [5.41, 5.74) is 15.6. The molecule has 0 spiro atoms. The largest absolute Gasteiger partial charge is 0.456 e. The lowest BCUT2D eigenvalue weighted by Crippen LogP contribution is -2.11. The molecule has 0 amide bonds. The topological polar surface area (TPSA) is 21.3 Å². The Hall–Kier alpha value is -8.14. The number of nitrogens with zero attached hydrogens (tertiary/aromatic N) is 2. The van der Waals surface area contributed by atoms with Gasteiger partial charge in [0.2, 0.25) is 0 Å². The quantitative estimate of drug-likeness (QED) is 0.161. The second-order valence-corrected chi connectivity index (χ2v) is 15.7. The minimum atomic E-state index is 0.890. The summed E-state index contributed by atoms with van der Waals surface area (Å²) in [4.78, 5) is 2.38. The summed E-state index contributed by atoms with van der Waals surface area (Å²) in [6, 6.07) is 83.0. The van der Waals surface area contributed by atoms with Crippen LogP contribution in [0.25, 0.3) is 93.6 Å². The highest BCUT2D eigenvalue weighted by Gasteiger charge is 2.19. The van der Waals surface area contributed by atoms with Crippen molar-refractivity contribution in [2.24, 2.45) is 0 Å². The van der Waals surface area contributed by atoms with Crippen molar-refractivity contribution in [3.05, 3.63) is 231 Å². The van der Waals surface area contributed by atoms with Gasteiger partial charge in [0.15, 0.2) is 0 Å². The molecule has 0 saturated heterocycles. The Kier molecular flexibility index (Phi) is 8.17. The zero-order valence-electron chi connectivity index (χ0n) is 33.2. The van der Waals surface area contributed by atoms with Crippen LogP contribution >= 0.6 is 0 Å². The molecule has 0 saturated carbocycles. The van der Waals surface area contributed by atoms with Crippen LogP contribution in [0, 0.1) is 0 Å². The smallest absolute Gasteiger partial charge is 0.135 e. The Labute approximate surface area is 353 Å². The fraction of sp³-hybridized carbons (Fsp3) is 0. The summed E-state index contributed by atoms with van der Waals surface area (Å²) in [6.07, 6.45) is 0. The molecule has 10 aromatic carbocycles. The van der Waals surface area contributed by atoms with Crippen LogP contribution in [0.4, 0.5) is 17.1 Å². The molecular formula is C58H38N2O. The zero-order chi connectivity index (χ0) is 40.3. The molecule has 0 unspecified atom stereocenters. The van der Waals surface area contributed by atoms with Crippen molar-refractivity contribution in [2.75, 3.05) is 4.90 Å². The molecule has 0 aliphatic carbocycles. The van der Waals surface area contributed by atoms with E-state index < -0.39 is 0 Å². The fourth-order valence-corrected chi connectivity index (χ4v) is 9.23. The first-order valence-electron chi connectivity index (χ1n) is 20.8. The third-order valence-corrected chi connectivity index (χ3v) is 12.2. The Balaban J connectivity index is 0.967. The van der Waals surface area contributed by atoms with E-state index in [0.717, 1.165) is 61.4 Å². The maximum absolute atomic E-state index is 6.23. The highest BCUT2D eigenvalue weighted by atomic mass is 16.3. The summed E-state index contributed by atoms with van der Waals surface area (Å²) in [5.74, 6) is 0. The SMILES string of the molecule is c1cc(-c2ccc(N(c3ccc(-c4ccc5ccccc5c4)cc3)c3ccccc3-c3ccc4oc5ccccc5c4c3)cc2)cc(-n2c3ccccc3c3ccccc32)c1. The Bertz CT molecular complexity index is 3540. The van der Waals surface area contributed by atoms with E-state index >= 15 is 0 Å². The van der Waals surface area contributed by atoms with Crippen molar-refractivity contribution in [1.29, 1.82) is 0 Å². The van der Waals surface area contributed by atoms with Gasteiger partial charge in [0, 0.05) is 44.2 Å². The molecule has 0 fully saturated rings. The van der Waals surface area contributed by atoms with Gasteiger partial charge in [0.1, 0.15) is 11.2 Å². The molecule has 0 N–H and O–H groups in total. The highest BCUT2D eigenvalue weighted by Crippen LogP contribution is 2.43. The zero-order valence-corrected chi connectivity index (χ0v) is 33.2. The molecular weight excluding hydrogens is 741 g/mol. The Morgan fingerprint density at radius 1 is 0.328 bits per heavy atom. The highest BCUT2D eigenvalue weighted by molar-refractivity contribution is 6.09. The molecule has 61 heavy (non-hydrogen) atoms. The van der Waals surface area contributed by atoms with E-state index in [4.69, 9.17) is 4.42 Å². The Morgan fingerprint density at radius 3 is 1.62 bits per heavy atom. The summed E-state index contributed by atoms with van der Waals surface area (Å²) < 4.78 is 8.61. The number of rotatable bonds is 7. The lowest BCUT2D eigenvalue weighted by Gasteiger charge is -2.28. The van der Waals surface area contributed by atoms with Crippen molar-refractivity contribution < 1.29 is 4.42 Å². The van der Waals surface area contributed by atoms with Crippen LogP contribution in [-0.2, 0) is 0 Å². The van der Waals surface area contributed by atoms with Gasteiger partial charge in [-0.2, -0.15) is 0 Å². The number of hydrogen-bond donors (Lipinski definition) is 0. The maximum atomic E-state index is 6.23. The molecule has 286 valence electrons. The first-order chi connectivity index (χ1) is 30.2. The van der Waals surface area contributed by atoms with Crippen LogP contribution in [0.1, 0.15) is 0 Å². The fourth-order valence-electron chi connectivity index (χ4n) is 9.23. The van der Waals surface area contributed by atoms with Crippen molar-refractivity contribution in [1.82, 2.24) is 4.57 Å². The average molecular weight is 779 g/mol. The molecule has 0 radical (unpaired) electrons. The van der Waals surface area contributed by atoms with Gasteiger partial charge in [-0.3, -0.25) is 0 Å². The minimum Gasteiger partial charge on any atom is -0.456 e. The summed E-state index contributed by atoms with van der Waals surface area (Å²) in [6.45, 7) is 0. The molecule has 0 atom stereocenters. The van der Waals surface area contributed by atoms with Crippen molar-refractivity contribution in [3.8, 4) is 39.1 Å². The van der Waals surface area contributed by atoms with Gasteiger partial charge < -0.3 is 13.9 Å². The summed E-state index contributed by atoms with van der Waals surface area (Å²) in [5, 5.41) is 7.24. The van der Waals surface area contributed by atoms with E-state index in [9.17, 15) is 0 Å². The number of benzene rings is 10. The normalized spacial score (nSPS) is 11.6. The summed E-state index contributed by atoms with van der Waals surface area (Å²) >= 11 is 0. The molecule has 12 aromatic rings. The number of fused-ring (bicyclic) bond motifs is 7. The molecule has 2 heterocycles. The average Bonchev–Trinajstić information content (AvgIpc) is 3.88. The van der Waals surface area contributed by atoms with E-state index in [2.05, 4.69) is 228 Å². The number of anilines is 3. The second kappa shape index (κ2) is 14.3. The summed E-state index contributed by atoms with van der Waals surface area (Å²) in [7, 11) is 0. The van der Waals surface area contributed by atoms with Crippen LogP contribution < -0.4 is 4.90 Å². The van der Waals surface area contributed by atoms with Crippen LogP contribution in [0.3, 0.4) is 0 Å². The van der Waals surface area contributed by atoms with Gasteiger partial charge in [-0.15, -0.1) is 0 Å². The predicted octanol–water partition coefficient (Wildman–Crippen LogP) is 16.3. The number of para-hydroxylation sites is 4.